The van der Waals surface area contributed by atoms with Gasteiger partial charge in [0.1, 0.15) is 17.6 Å². The smallest absolute Gasteiger partial charge is 0.262 e. The number of sulfonamides is 1. The summed E-state index contributed by atoms with van der Waals surface area (Å²) in [7, 11) is -2.20. The van der Waals surface area contributed by atoms with Gasteiger partial charge in [0.25, 0.3) is 11.8 Å². The number of rotatable bonds is 7. The summed E-state index contributed by atoms with van der Waals surface area (Å²) in [6.07, 6.45) is 9.85. The SMILES string of the molecule is COCc1ccc(C(=O)N[C@H]2CCCCC/C=C\C3C[C@@]3(C(=O)NS(=O)(=O)C3CC3)NC(=O)C3CCCN3C2=O)s1. The van der Waals surface area contributed by atoms with Crippen molar-refractivity contribution >= 4 is 45.0 Å². The predicted octanol–water partition coefficient (Wildman–Crippen LogP) is 1.99. The van der Waals surface area contributed by atoms with Gasteiger partial charge in [-0.15, -0.1) is 11.3 Å². The van der Waals surface area contributed by atoms with Crippen LogP contribution in [0.3, 0.4) is 0 Å². The number of carbonyl (C=O) groups is 4. The van der Waals surface area contributed by atoms with E-state index in [4.69, 9.17) is 4.74 Å². The number of amides is 4. The molecule has 4 aliphatic rings. The molecular formula is C28H38N4O7S2. The monoisotopic (exact) mass is 606 g/mol. The van der Waals surface area contributed by atoms with Gasteiger partial charge in [-0.05, 0) is 63.5 Å². The fourth-order valence-electron chi connectivity index (χ4n) is 5.72. The van der Waals surface area contributed by atoms with Crippen molar-refractivity contribution < 1.29 is 32.3 Å². The van der Waals surface area contributed by atoms with E-state index < -0.39 is 44.7 Å². The van der Waals surface area contributed by atoms with Crippen molar-refractivity contribution in [2.24, 2.45) is 5.92 Å². The number of nitrogens with one attached hydrogen (secondary N) is 3. The zero-order valence-corrected chi connectivity index (χ0v) is 24.9. The number of allylic oxidation sites excluding steroid dienone is 1. The first-order valence-corrected chi connectivity index (χ1v) is 16.7. The van der Waals surface area contributed by atoms with E-state index in [9.17, 15) is 27.6 Å². The minimum atomic E-state index is -3.79. The maximum absolute atomic E-state index is 13.8. The topological polar surface area (TPSA) is 151 Å². The van der Waals surface area contributed by atoms with E-state index in [1.165, 1.54) is 16.2 Å². The number of thiophene rings is 1. The number of ether oxygens (including phenoxy) is 1. The average molecular weight is 607 g/mol. The molecule has 2 unspecified atom stereocenters. The van der Waals surface area contributed by atoms with E-state index in [2.05, 4.69) is 15.4 Å². The molecule has 5 rings (SSSR count). The van der Waals surface area contributed by atoms with Crippen molar-refractivity contribution in [3.05, 3.63) is 34.0 Å². The first-order valence-electron chi connectivity index (χ1n) is 14.4. The second kappa shape index (κ2) is 12.2. The van der Waals surface area contributed by atoms with Crippen LogP contribution in [0.5, 0.6) is 0 Å². The van der Waals surface area contributed by atoms with Crippen LogP contribution >= 0.6 is 11.3 Å². The zero-order chi connectivity index (χ0) is 29.2. The molecule has 3 fully saturated rings. The molecular weight excluding hydrogens is 568 g/mol. The maximum Gasteiger partial charge on any atom is 0.262 e. The van der Waals surface area contributed by atoms with Crippen molar-refractivity contribution in [1.29, 1.82) is 0 Å². The molecule has 0 aromatic carbocycles. The van der Waals surface area contributed by atoms with Gasteiger partial charge in [0.15, 0.2) is 0 Å². The molecule has 13 heteroatoms. The van der Waals surface area contributed by atoms with Gasteiger partial charge >= 0.3 is 0 Å². The second-order valence-corrected chi connectivity index (χ2v) is 14.6. The molecule has 0 radical (unpaired) electrons. The van der Waals surface area contributed by atoms with Crippen LogP contribution in [0.15, 0.2) is 24.3 Å². The zero-order valence-electron chi connectivity index (χ0n) is 23.2. The molecule has 41 heavy (non-hydrogen) atoms. The Bertz CT molecular complexity index is 1320. The van der Waals surface area contributed by atoms with Gasteiger partial charge in [-0.1, -0.05) is 25.0 Å². The number of methoxy groups -OCH3 is 1. The van der Waals surface area contributed by atoms with E-state index in [1.54, 1.807) is 13.2 Å². The first kappa shape index (κ1) is 29.7. The first-order chi connectivity index (χ1) is 19.6. The highest BCUT2D eigenvalue weighted by atomic mass is 32.2. The highest BCUT2D eigenvalue weighted by molar-refractivity contribution is 7.91. The molecule has 4 amide bonds. The van der Waals surface area contributed by atoms with Crippen molar-refractivity contribution in [1.82, 2.24) is 20.3 Å². The summed E-state index contributed by atoms with van der Waals surface area (Å²) in [4.78, 5) is 56.7. The molecule has 4 atom stereocenters. The second-order valence-electron chi connectivity index (χ2n) is 11.4. The summed E-state index contributed by atoms with van der Waals surface area (Å²) in [6.45, 7) is 0.755. The number of hydrogen-bond acceptors (Lipinski definition) is 8. The molecule has 11 nitrogen and oxygen atoms in total. The Morgan fingerprint density at radius 2 is 1.93 bits per heavy atom. The molecule has 3 heterocycles. The van der Waals surface area contributed by atoms with Crippen LogP contribution in [0, 0.1) is 5.92 Å². The molecule has 2 aliphatic carbocycles. The Hall–Kier alpha value is -2.77. The van der Waals surface area contributed by atoms with E-state index in [1.807, 2.05) is 18.2 Å². The van der Waals surface area contributed by atoms with E-state index >= 15 is 0 Å². The van der Waals surface area contributed by atoms with Gasteiger partial charge in [0.05, 0.1) is 16.7 Å². The van der Waals surface area contributed by atoms with Gasteiger partial charge < -0.3 is 20.3 Å². The van der Waals surface area contributed by atoms with Gasteiger partial charge in [-0.25, -0.2) is 8.42 Å². The quantitative estimate of drug-likeness (QED) is 0.402. The summed E-state index contributed by atoms with van der Waals surface area (Å²) >= 11 is 1.31. The van der Waals surface area contributed by atoms with Gasteiger partial charge in [0, 0.05) is 24.4 Å². The van der Waals surface area contributed by atoms with E-state index in [0.717, 1.165) is 30.6 Å². The predicted molar refractivity (Wildman–Crippen MR) is 152 cm³/mol. The van der Waals surface area contributed by atoms with Crippen molar-refractivity contribution in [2.75, 3.05) is 13.7 Å². The molecule has 224 valence electrons. The summed E-state index contributed by atoms with van der Waals surface area (Å²) in [5.41, 5.74) is -1.36. The summed E-state index contributed by atoms with van der Waals surface area (Å²) < 4.78 is 32.4. The lowest BCUT2D eigenvalue weighted by molar-refractivity contribution is -0.141. The van der Waals surface area contributed by atoms with Crippen LogP contribution in [0.25, 0.3) is 0 Å². The average Bonchev–Trinajstić information content (AvgIpc) is 3.79. The number of nitrogens with zero attached hydrogens (tertiary/aromatic N) is 1. The Morgan fingerprint density at radius 1 is 1.12 bits per heavy atom. The molecule has 0 bridgehead atoms. The number of carbonyl (C=O) groups excluding carboxylic acids is 4. The van der Waals surface area contributed by atoms with Gasteiger partial charge in [-0.3, -0.25) is 23.9 Å². The molecule has 1 aromatic rings. The van der Waals surface area contributed by atoms with E-state index in [0.29, 0.717) is 56.6 Å². The van der Waals surface area contributed by atoms with Crippen LogP contribution < -0.4 is 15.4 Å². The number of fused-ring (bicyclic) bond motifs is 2. The van der Waals surface area contributed by atoms with Crippen molar-refractivity contribution in [2.45, 2.75) is 93.7 Å². The fraction of sp³-hybridized carbons (Fsp3) is 0.643. The lowest BCUT2D eigenvalue weighted by Gasteiger charge is -2.30. The molecule has 3 N–H and O–H groups in total. The minimum Gasteiger partial charge on any atom is -0.379 e. The summed E-state index contributed by atoms with van der Waals surface area (Å²) in [5.74, 6) is -2.18. The highest BCUT2D eigenvalue weighted by Crippen LogP contribution is 2.46. The number of hydrogen-bond donors (Lipinski definition) is 3. The highest BCUT2D eigenvalue weighted by Gasteiger charge is 2.61. The normalized spacial score (nSPS) is 29.8. The van der Waals surface area contributed by atoms with Gasteiger partial charge in [-0.2, -0.15) is 0 Å². The molecule has 0 spiro atoms. The standard InChI is InChI=1S/C28H38N4O7S2/c1-39-17-19-11-14-23(40-19)25(34)29-21-9-6-4-2-3-5-8-18-16-28(18,27(36)31-41(37,38)20-12-13-20)30-24(33)22-10-7-15-32(22)26(21)35/h5,8,11,14,18,20-22H,2-4,6-7,9-10,12-13,15-17H2,1H3,(H,29,34)(H,30,33)(H,31,36)/b8-5-/t18?,21-,22?,28+/m0/s1. The lowest BCUT2D eigenvalue weighted by atomic mass is 10.0. The third kappa shape index (κ3) is 6.67. The van der Waals surface area contributed by atoms with Gasteiger partial charge in [0.2, 0.25) is 21.8 Å². The Balaban J connectivity index is 1.34. The third-order valence-electron chi connectivity index (χ3n) is 8.31. The van der Waals surface area contributed by atoms with Crippen molar-refractivity contribution in [3.8, 4) is 0 Å². The van der Waals surface area contributed by atoms with Crippen LogP contribution in [0.2, 0.25) is 0 Å². The van der Waals surface area contributed by atoms with Crippen LogP contribution in [0.4, 0.5) is 0 Å². The Kier molecular flexibility index (Phi) is 8.86. The molecule has 2 saturated carbocycles. The van der Waals surface area contributed by atoms with Crippen LogP contribution in [0.1, 0.15) is 78.8 Å². The largest absolute Gasteiger partial charge is 0.379 e. The summed E-state index contributed by atoms with van der Waals surface area (Å²) in [6, 6.07) is 1.93. The Morgan fingerprint density at radius 3 is 2.68 bits per heavy atom. The third-order valence-corrected chi connectivity index (χ3v) is 11.2. The van der Waals surface area contributed by atoms with Crippen molar-refractivity contribution in [3.63, 3.8) is 0 Å². The lowest BCUT2D eigenvalue weighted by Crippen LogP contribution is -2.58. The molecule has 1 aromatic heterocycles. The summed E-state index contributed by atoms with van der Waals surface area (Å²) in [5, 5.41) is 5.19. The molecule has 2 aliphatic heterocycles. The van der Waals surface area contributed by atoms with Crippen LogP contribution in [-0.4, -0.2) is 73.5 Å². The maximum atomic E-state index is 13.8. The minimum absolute atomic E-state index is 0.298. The Labute approximate surface area is 244 Å². The van der Waals surface area contributed by atoms with E-state index in [-0.39, 0.29) is 17.7 Å². The van der Waals surface area contributed by atoms with Crippen LogP contribution in [-0.2, 0) is 35.8 Å². The molecule has 1 saturated heterocycles. The fourth-order valence-corrected chi connectivity index (χ4v) is 7.97.